The fourth-order valence-corrected chi connectivity index (χ4v) is 3.48. The number of aromatic carboxylic acids is 1. The summed E-state index contributed by atoms with van der Waals surface area (Å²) in [5.74, 6) is -0.754. The summed E-state index contributed by atoms with van der Waals surface area (Å²) in [5.41, 5.74) is 2.27. The molecule has 1 amide bonds. The predicted octanol–water partition coefficient (Wildman–Crippen LogP) is 2.23. The summed E-state index contributed by atoms with van der Waals surface area (Å²) in [6, 6.07) is 11.0. The van der Waals surface area contributed by atoms with Crippen LogP contribution in [-0.2, 0) is 11.3 Å². The largest absolute Gasteiger partial charge is 0.478 e. The number of amides is 1. The Kier molecular flexibility index (Phi) is 5.63. The van der Waals surface area contributed by atoms with Gasteiger partial charge < -0.3 is 10.0 Å². The maximum Gasteiger partial charge on any atom is 0.335 e. The molecular formula is C20H23N3O3. The van der Waals surface area contributed by atoms with Gasteiger partial charge in [-0.05, 0) is 42.8 Å². The number of rotatable bonds is 6. The minimum absolute atomic E-state index is 0.0803. The van der Waals surface area contributed by atoms with E-state index < -0.39 is 5.97 Å². The average molecular weight is 353 g/mol. The van der Waals surface area contributed by atoms with Gasteiger partial charge in [0.05, 0.1) is 12.1 Å². The van der Waals surface area contributed by atoms with Crippen LogP contribution in [0.5, 0.6) is 0 Å². The van der Waals surface area contributed by atoms with Crippen LogP contribution >= 0.6 is 0 Å². The van der Waals surface area contributed by atoms with E-state index >= 15 is 0 Å². The third-order valence-corrected chi connectivity index (χ3v) is 4.78. The SMILES string of the molecule is CN(CC(=O)N1CC[C@@H](c2ccccc2C(=O)O)C1)Cc1ccncc1. The van der Waals surface area contributed by atoms with Gasteiger partial charge in [0, 0.05) is 37.9 Å². The van der Waals surface area contributed by atoms with E-state index in [-0.39, 0.29) is 11.8 Å². The zero-order valence-electron chi connectivity index (χ0n) is 14.8. The first kappa shape index (κ1) is 18.1. The molecule has 1 aliphatic heterocycles. The van der Waals surface area contributed by atoms with Crippen LogP contribution in [0.3, 0.4) is 0 Å². The molecule has 0 aliphatic carbocycles. The van der Waals surface area contributed by atoms with Gasteiger partial charge in [-0.25, -0.2) is 4.79 Å². The second kappa shape index (κ2) is 8.10. The van der Waals surface area contributed by atoms with Gasteiger partial charge in [-0.2, -0.15) is 0 Å². The molecule has 1 fully saturated rings. The van der Waals surface area contributed by atoms with Gasteiger partial charge in [0.15, 0.2) is 0 Å². The summed E-state index contributed by atoms with van der Waals surface area (Å²) >= 11 is 0. The van der Waals surface area contributed by atoms with Gasteiger partial charge in [-0.1, -0.05) is 18.2 Å². The van der Waals surface area contributed by atoms with E-state index in [4.69, 9.17) is 0 Å². The van der Waals surface area contributed by atoms with Crippen LogP contribution in [0.25, 0.3) is 0 Å². The summed E-state index contributed by atoms with van der Waals surface area (Å²) in [6.07, 6.45) is 4.29. The summed E-state index contributed by atoms with van der Waals surface area (Å²) in [4.78, 5) is 31.8. The number of carboxylic acid groups (broad SMARTS) is 1. The minimum atomic E-state index is -0.914. The van der Waals surface area contributed by atoms with Crippen LogP contribution in [0.2, 0.25) is 0 Å². The molecule has 1 atom stereocenters. The number of carbonyl (C=O) groups is 2. The fraction of sp³-hybridized carbons (Fsp3) is 0.350. The zero-order valence-corrected chi connectivity index (χ0v) is 14.8. The highest BCUT2D eigenvalue weighted by Crippen LogP contribution is 2.29. The average Bonchev–Trinajstić information content (AvgIpc) is 3.12. The molecule has 1 aromatic heterocycles. The molecule has 1 aromatic carbocycles. The standard InChI is InChI=1S/C20H23N3O3/c1-22(12-15-6-9-21-10-7-15)14-19(24)23-11-8-16(13-23)17-4-2-3-5-18(17)20(25)26/h2-7,9-10,16H,8,11-14H2,1H3,(H,25,26)/t16-/m1/s1. The van der Waals surface area contributed by atoms with Crippen molar-refractivity contribution >= 4 is 11.9 Å². The number of likely N-dealkylation sites (tertiary alicyclic amines) is 1. The van der Waals surface area contributed by atoms with Crippen LogP contribution in [0.1, 0.15) is 33.8 Å². The Morgan fingerprint density at radius 1 is 1.23 bits per heavy atom. The summed E-state index contributed by atoms with van der Waals surface area (Å²) in [5, 5.41) is 9.37. The molecule has 2 aromatic rings. The van der Waals surface area contributed by atoms with Gasteiger partial charge in [0.2, 0.25) is 5.91 Å². The lowest BCUT2D eigenvalue weighted by Crippen LogP contribution is -2.37. The van der Waals surface area contributed by atoms with Crippen molar-refractivity contribution in [3.05, 3.63) is 65.5 Å². The molecule has 26 heavy (non-hydrogen) atoms. The van der Waals surface area contributed by atoms with Crippen molar-refractivity contribution in [2.75, 3.05) is 26.7 Å². The van der Waals surface area contributed by atoms with Crippen molar-refractivity contribution < 1.29 is 14.7 Å². The van der Waals surface area contributed by atoms with E-state index in [1.54, 1.807) is 24.5 Å². The van der Waals surface area contributed by atoms with Crippen LogP contribution in [0.4, 0.5) is 0 Å². The molecule has 1 saturated heterocycles. The Hall–Kier alpha value is -2.73. The second-order valence-corrected chi connectivity index (χ2v) is 6.75. The van der Waals surface area contributed by atoms with Crippen LogP contribution in [0, 0.1) is 0 Å². The van der Waals surface area contributed by atoms with Crippen molar-refractivity contribution in [1.29, 1.82) is 0 Å². The lowest BCUT2D eigenvalue weighted by molar-refractivity contribution is -0.131. The predicted molar refractivity (Wildman–Crippen MR) is 97.9 cm³/mol. The van der Waals surface area contributed by atoms with E-state index in [1.807, 2.05) is 41.1 Å². The summed E-state index contributed by atoms with van der Waals surface area (Å²) in [6.45, 7) is 2.27. The molecule has 0 spiro atoms. The number of hydrogen-bond acceptors (Lipinski definition) is 4. The van der Waals surface area contributed by atoms with Gasteiger partial charge in [-0.3, -0.25) is 14.7 Å². The molecule has 2 heterocycles. The van der Waals surface area contributed by atoms with Gasteiger partial charge in [0.1, 0.15) is 0 Å². The lowest BCUT2D eigenvalue weighted by atomic mass is 9.93. The number of aromatic nitrogens is 1. The number of carbonyl (C=O) groups excluding carboxylic acids is 1. The third-order valence-electron chi connectivity index (χ3n) is 4.78. The Morgan fingerprint density at radius 3 is 2.69 bits per heavy atom. The van der Waals surface area contributed by atoms with Crippen LogP contribution in [0.15, 0.2) is 48.8 Å². The van der Waals surface area contributed by atoms with E-state index in [9.17, 15) is 14.7 Å². The normalized spacial score (nSPS) is 16.8. The number of likely N-dealkylation sites (N-methyl/N-ethyl adjacent to an activating group) is 1. The molecule has 136 valence electrons. The van der Waals surface area contributed by atoms with Crippen molar-refractivity contribution in [1.82, 2.24) is 14.8 Å². The summed E-state index contributed by atoms with van der Waals surface area (Å²) < 4.78 is 0. The highest BCUT2D eigenvalue weighted by Gasteiger charge is 2.29. The van der Waals surface area contributed by atoms with Crippen molar-refractivity contribution in [2.45, 2.75) is 18.9 Å². The van der Waals surface area contributed by atoms with E-state index in [1.165, 1.54) is 0 Å². The maximum atomic E-state index is 12.6. The first-order valence-corrected chi connectivity index (χ1v) is 8.72. The Morgan fingerprint density at radius 2 is 1.96 bits per heavy atom. The molecule has 3 rings (SSSR count). The molecule has 0 saturated carbocycles. The number of carboxylic acids is 1. The third kappa shape index (κ3) is 4.26. The highest BCUT2D eigenvalue weighted by atomic mass is 16.4. The van der Waals surface area contributed by atoms with E-state index in [0.29, 0.717) is 31.7 Å². The Balaban J connectivity index is 1.58. The molecular weight excluding hydrogens is 330 g/mol. The minimum Gasteiger partial charge on any atom is -0.478 e. The number of benzene rings is 1. The van der Waals surface area contributed by atoms with Crippen molar-refractivity contribution in [3.8, 4) is 0 Å². The first-order chi connectivity index (χ1) is 12.5. The maximum absolute atomic E-state index is 12.6. The molecule has 0 radical (unpaired) electrons. The van der Waals surface area contributed by atoms with Gasteiger partial charge >= 0.3 is 5.97 Å². The first-order valence-electron chi connectivity index (χ1n) is 8.72. The van der Waals surface area contributed by atoms with Gasteiger partial charge in [-0.15, -0.1) is 0 Å². The molecule has 6 heteroatoms. The van der Waals surface area contributed by atoms with Crippen LogP contribution < -0.4 is 0 Å². The number of hydrogen-bond donors (Lipinski definition) is 1. The monoisotopic (exact) mass is 353 g/mol. The van der Waals surface area contributed by atoms with Crippen molar-refractivity contribution in [2.24, 2.45) is 0 Å². The Bertz CT molecular complexity index is 779. The quantitative estimate of drug-likeness (QED) is 0.862. The van der Waals surface area contributed by atoms with E-state index in [2.05, 4.69) is 4.98 Å². The van der Waals surface area contributed by atoms with Crippen LogP contribution in [-0.4, -0.2) is 58.4 Å². The zero-order chi connectivity index (χ0) is 18.5. The van der Waals surface area contributed by atoms with Crippen molar-refractivity contribution in [3.63, 3.8) is 0 Å². The Labute approximate surface area is 153 Å². The molecule has 1 N–H and O–H groups in total. The topological polar surface area (TPSA) is 73.7 Å². The molecule has 0 bridgehead atoms. The fourth-order valence-electron chi connectivity index (χ4n) is 3.48. The molecule has 6 nitrogen and oxygen atoms in total. The number of nitrogens with zero attached hydrogens (tertiary/aromatic N) is 3. The van der Waals surface area contributed by atoms with E-state index in [0.717, 1.165) is 17.5 Å². The lowest BCUT2D eigenvalue weighted by Gasteiger charge is -2.22. The highest BCUT2D eigenvalue weighted by molar-refractivity contribution is 5.89. The number of pyridine rings is 1. The second-order valence-electron chi connectivity index (χ2n) is 6.75. The smallest absolute Gasteiger partial charge is 0.335 e. The molecule has 0 unspecified atom stereocenters. The summed E-state index contributed by atoms with van der Waals surface area (Å²) in [7, 11) is 1.92. The molecule has 1 aliphatic rings. The van der Waals surface area contributed by atoms with Gasteiger partial charge in [0.25, 0.3) is 0 Å².